The number of hydrogen-bond acceptors (Lipinski definition) is 6. The van der Waals surface area contributed by atoms with Crippen molar-refractivity contribution >= 4 is 27.7 Å². The minimum Gasteiger partial charge on any atom is -0.358 e. The Bertz CT molecular complexity index is 1330. The summed E-state index contributed by atoms with van der Waals surface area (Å²) in [6.45, 7) is 1.81. The summed E-state index contributed by atoms with van der Waals surface area (Å²) >= 11 is 0.990. The quantitative estimate of drug-likeness (QED) is 0.248. The van der Waals surface area contributed by atoms with Crippen LogP contribution in [0.3, 0.4) is 0 Å². The van der Waals surface area contributed by atoms with Crippen LogP contribution >= 0.6 is 11.8 Å². The molecule has 3 aromatic rings. The second-order valence-corrected chi connectivity index (χ2v) is 10.5. The van der Waals surface area contributed by atoms with Crippen molar-refractivity contribution in [3.63, 3.8) is 0 Å². The number of benzene rings is 2. The number of nitrogens with zero attached hydrogens (tertiary/aromatic N) is 1. The number of hydrogen-bond donors (Lipinski definition) is 1. The van der Waals surface area contributed by atoms with E-state index in [-0.39, 0.29) is 26.8 Å². The van der Waals surface area contributed by atoms with Gasteiger partial charge in [0.05, 0.1) is 11.3 Å². The van der Waals surface area contributed by atoms with Crippen LogP contribution in [0.4, 0.5) is 13.2 Å². The van der Waals surface area contributed by atoms with Crippen LogP contribution in [0.1, 0.15) is 45.6 Å². The van der Waals surface area contributed by atoms with Gasteiger partial charge in [0.25, 0.3) is 0 Å². The Labute approximate surface area is 199 Å². The van der Waals surface area contributed by atoms with E-state index in [0.29, 0.717) is 18.0 Å². The smallest absolute Gasteiger partial charge is 0.358 e. The molecule has 0 atom stereocenters. The third kappa shape index (κ3) is 5.15. The van der Waals surface area contributed by atoms with Gasteiger partial charge in [0.15, 0.2) is 0 Å². The standard InChI is InChI=1S/C23H21F3N2O4S2/c1-13-3-8-16(9-4-13)34(30,31)32-22-20(18(27-28-22)11-14-5-6-14)21(29)17-10-7-15(23(24,25)26)12-19(17)33-2/h3-4,7-10,12,14H,5-6,11H2,1-2H3,(H,27,28). The van der Waals surface area contributed by atoms with Gasteiger partial charge in [-0.25, -0.2) is 5.10 Å². The van der Waals surface area contributed by atoms with Crippen LogP contribution in [0.2, 0.25) is 0 Å². The van der Waals surface area contributed by atoms with E-state index in [2.05, 4.69) is 10.2 Å². The van der Waals surface area contributed by atoms with Crippen LogP contribution in [0.15, 0.2) is 52.3 Å². The molecule has 11 heteroatoms. The first kappa shape index (κ1) is 24.3. The Hall–Kier alpha value is -2.79. The summed E-state index contributed by atoms with van der Waals surface area (Å²) in [6, 6.07) is 8.83. The van der Waals surface area contributed by atoms with Gasteiger partial charge in [-0.1, -0.05) is 17.7 Å². The fourth-order valence-electron chi connectivity index (χ4n) is 3.45. The van der Waals surface area contributed by atoms with E-state index >= 15 is 0 Å². The lowest BCUT2D eigenvalue weighted by atomic mass is 9.99. The van der Waals surface area contributed by atoms with Crippen LogP contribution < -0.4 is 4.18 Å². The van der Waals surface area contributed by atoms with E-state index in [9.17, 15) is 26.4 Å². The van der Waals surface area contributed by atoms with Gasteiger partial charge in [0.2, 0.25) is 11.7 Å². The van der Waals surface area contributed by atoms with Gasteiger partial charge in [-0.05, 0) is 68.7 Å². The molecule has 0 radical (unpaired) electrons. The molecule has 6 nitrogen and oxygen atoms in total. The van der Waals surface area contributed by atoms with E-state index < -0.39 is 27.6 Å². The van der Waals surface area contributed by atoms with Crippen LogP contribution in [0.25, 0.3) is 0 Å². The van der Waals surface area contributed by atoms with Gasteiger partial charge >= 0.3 is 16.3 Å². The normalized spacial score (nSPS) is 14.3. The number of rotatable bonds is 8. The molecule has 1 aliphatic rings. The maximum atomic E-state index is 13.5. The second-order valence-electron chi connectivity index (χ2n) is 8.11. The van der Waals surface area contributed by atoms with Crippen molar-refractivity contribution in [1.29, 1.82) is 0 Å². The molecular formula is C23H21F3N2O4S2. The van der Waals surface area contributed by atoms with E-state index in [4.69, 9.17) is 4.18 Å². The number of H-pyrrole nitrogens is 1. The van der Waals surface area contributed by atoms with E-state index in [1.807, 2.05) is 0 Å². The minimum absolute atomic E-state index is 0.0107. The lowest BCUT2D eigenvalue weighted by Gasteiger charge is -2.13. The number of aryl methyl sites for hydroxylation is 1. The maximum absolute atomic E-state index is 13.5. The highest BCUT2D eigenvalue weighted by Crippen LogP contribution is 2.38. The van der Waals surface area contributed by atoms with Crippen LogP contribution in [0, 0.1) is 12.8 Å². The number of nitrogens with one attached hydrogen (secondary N) is 1. The predicted octanol–water partition coefficient (Wildman–Crippen LogP) is 5.41. The first-order valence-electron chi connectivity index (χ1n) is 10.4. The highest BCUT2D eigenvalue weighted by molar-refractivity contribution is 7.98. The summed E-state index contributed by atoms with van der Waals surface area (Å²) in [5, 5.41) is 6.63. The summed E-state index contributed by atoms with van der Waals surface area (Å²) in [5.41, 5.74) is 0.231. The van der Waals surface area contributed by atoms with Gasteiger partial charge < -0.3 is 4.18 Å². The molecule has 4 rings (SSSR count). The fourth-order valence-corrected chi connectivity index (χ4v) is 4.98. The van der Waals surface area contributed by atoms with Crippen molar-refractivity contribution < 1.29 is 30.6 Å². The number of alkyl halides is 3. The molecule has 1 fully saturated rings. The third-order valence-corrected chi connectivity index (χ3v) is 7.50. The first-order valence-corrected chi connectivity index (χ1v) is 13.0. The summed E-state index contributed by atoms with van der Waals surface area (Å²) in [5.74, 6) is -0.700. The number of thioether (sulfide) groups is 1. The van der Waals surface area contributed by atoms with Crippen molar-refractivity contribution in [2.24, 2.45) is 5.92 Å². The SMILES string of the molecule is CSc1cc(C(F)(F)F)ccc1C(=O)c1c(CC2CC2)n[nH]c1OS(=O)(=O)c1ccc(C)cc1. The van der Waals surface area contributed by atoms with Crippen molar-refractivity contribution in [3.05, 3.63) is 70.4 Å². The van der Waals surface area contributed by atoms with Crippen molar-refractivity contribution in [1.82, 2.24) is 10.2 Å². The lowest BCUT2D eigenvalue weighted by molar-refractivity contribution is -0.137. The summed E-state index contributed by atoms with van der Waals surface area (Å²) in [7, 11) is -4.29. The average molecular weight is 511 g/mol. The summed E-state index contributed by atoms with van der Waals surface area (Å²) < 4.78 is 70.4. The molecule has 1 heterocycles. The Morgan fingerprint density at radius 1 is 1.18 bits per heavy atom. The topological polar surface area (TPSA) is 89.1 Å². The van der Waals surface area contributed by atoms with E-state index in [0.717, 1.165) is 48.4 Å². The van der Waals surface area contributed by atoms with Gasteiger partial charge in [0, 0.05) is 10.5 Å². The van der Waals surface area contributed by atoms with Crippen molar-refractivity contribution in [3.8, 4) is 5.88 Å². The Kier molecular flexibility index (Phi) is 6.52. The summed E-state index contributed by atoms with van der Waals surface area (Å²) in [4.78, 5) is 13.5. The Balaban J connectivity index is 1.75. The molecule has 1 saturated carbocycles. The second kappa shape index (κ2) is 9.10. The lowest BCUT2D eigenvalue weighted by Crippen LogP contribution is -2.14. The Morgan fingerprint density at radius 3 is 2.44 bits per heavy atom. The highest BCUT2D eigenvalue weighted by Gasteiger charge is 2.34. The molecule has 1 N–H and O–H groups in total. The molecule has 1 aliphatic carbocycles. The first-order chi connectivity index (χ1) is 16.0. The van der Waals surface area contributed by atoms with Gasteiger partial charge in [-0.3, -0.25) is 4.79 Å². The molecule has 0 amide bonds. The number of carbonyl (C=O) groups is 1. The molecular weight excluding hydrogens is 489 g/mol. The van der Waals surface area contributed by atoms with E-state index in [1.54, 1.807) is 25.3 Å². The highest BCUT2D eigenvalue weighted by atomic mass is 32.2. The van der Waals surface area contributed by atoms with Crippen LogP contribution in [0.5, 0.6) is 5.88 Å². The van der Waals surface area contributed by atoms with Gasteiger partial charge in [0.1, 0.15) is 10.5 Å². The Morgan fingerprint density at radius 2 is 1.85 bits per heavy atom. The minimum atomic E-state index is -4.56. The fraction of sp³-hybridized carbons (Fsp3) is 0.304. The zero-order valence-corrected chi connectivity index (χ0v) is 19.9. The van der Waals surface area contributed by atoms with Gasteiger partial charge in [-0.15, -0.1) is 11.8 Å². The van der Waals surface area contributed by atoms with Crippen LogP contribution in [-0.2, 0) is 22.7 Å². The zero-order valence-electron chi connectivity index (χ0n) is 18.3. The molecule has 2 aromatic carbocycles. The van der Waals surface area contributed by atoms with Crippen LogP contribution in [-0.4, -0.2) is 30.7 Å². The molecule has 0 unspecified atom stereocenters. The molecule has 0 bridgehead atoms. The monoisotopic (exact) mass is 510 g/mol. The third-order valence-electron chi connectivity index (χ3n) is 5.49. The number of halogens is 3. The average Bonchev–Trinajstić information content (AvgIpc) is 3.52. The molecule has 180 valence electrons. The number of aromatic amines is 1. The number of aromatic nitrogens is 2. The van der Waals surface area contributed by atoms with Crippen molar-refractivity contribution in [2.75, 3.05) is 6.26 Å². The predicted molar refractivity (Wildman–Crippen MR) is 121 cm³/mol. The van der Waals surface area contributed by atoms with Gasteiger partial charge in [-0.2, -0.15) is 26.7 Å². The molecule has 34 heavy (non-hydrogen) atoms. The molecule has 0 spiro atoms. The summed E-state index contributed by atoms with van der Waals surface area (Å²) in [6.07, 6.45) is -0.661. The molecule has 0 aliphatic heterocycles. The van der Waals surface area contributed by atoms with Crippen molar-refractivity contribution in [2.45, 2.75) is 42.2 Å². The number of ketones is 1. The molecule has 0 saturated heterocycles. The maximum Gasteiger partial charge on any atom is 0.416 e. The zero-order chi connectivity index (χ0) is 24.7. The largest absolute Gasteiger partial charge is 0.416 e. The molecule has 1 aromatic heterocycles. The van der Waals surface area contributed by atoms with E-state index in [1.165, 1.54) is 12.1 Å². The number of carbonyl (C=O) groups excluding carboxylic acids is 1.